The van der Waals surface area contributed by atoms with Crippen molar-refractivity contribution in [1.82, 2.24) is 9.97 Å². The SMILES string of the molecule is CCOC1(c2nccc(N)n2)CCCCC1. The first-order valence-electron chi connectivity index (χ1n) is 6.00. The van der Waals surface area contributed by atoms with Crippen molar-refractivity contribution in [2.75, 3.05) is 12.3 Å². The average molecular weight is 221 g/mol. The zero-order valence-electron chi connectivity index (χ0n) is 9.78. The van der Waals surface area contributed by atoms with E-state index in [1.807, 2.05) is 6.92 Å². The van der Waals surface area contributed by atoms with E-state index in [2.05, 4.69) is 9.97 Å². The van der Waals surface area contributed by atoms with Gasteiger partial charge in [-0.3, -0.25) is 0 Å². The summed E-state index contributed by atoms with van der Waals surface area (Å²) in [5, 5.41) is 0. The Kier molecular flexibility index (Phi) is 3.39. The van der Waals surface area contributed by atoms with Gasteiger partial charge in [0.05, 0.1) is 0 Å². The van der Waals surface area contributed by atoms with Crippen LogP contribution in [0.3, 0.4) is 0 Å². The Labute approximate surface area is 96.2 Å². The highest BCUT2D eigenvalue weighted by atomic mass is 16.5. The molecule has 1 aromatic heterocycles. The van der Waals surface area contributed by atoms with E-state index in [0.717, 1.165) is 18.7 Å². The smallest absolute Gasteiger partial charge is 0.162 e. The van der Waals surface area contributed by atoms with E-state index in [0.29, 0.717) is 12.4 Å². The topological polar surface area (TPSA) is 61.0 Å². The van der Waals surface area contributed by atoms with Crippen LogP contribution in [0.4, 0.5) is 5.82 Å². The fourth-order valence-corrected chi connectivity index (χ4v) is 2.42. The minimum atomic E-state index is -0.289. The molecule has 16 heavy (non-hydrogen) atoms. The van der Waals surface area contributed by atoms with Crippen molar-refractivity contribution >= 4 is 5.82 Å². The molecule has 2 N–H and O–H groups in total. The maximum absolute atomic E-state index is 5.93. The van der Waals surface area contributed by atoms with Crippen LogP contribution in [-0.4, -0.2) is 16.6 Å². The third-order valence-electron chi connectivity index (χ3n) is 3.17. The molecule has 88 valence electrons. The molecule has 1 aliphatic carbocycles. The first-order chi connectivity index (χ1) is 7.77. The van der Waals surface area contributed by atoms with E-state index in [9.17, 15) is 0 Å². The molecule has 0 amide bonds. The molecule has 1 heterocycles. The Morgan fingerprint density at radius 3 is 2.75 bits per heavy atom. The molecule has 0 unspecified atom stereocenters. The zero-order chi connectivity index (χ0) is 11.4. The van der Waals surface area contributed by atoms with Crippen LogP contribution in [0.25, 0.3) is 0 Å². The van der Waals surface area contributed by atoms with Crippen LogP contribution >= 0.6 is 0 Å². The van der Waals surface area contributed by atoms with Gasteiger partial charge in [-0.25, -0.2) is 9.97 Å². The van der Waals surface area contributed by atoms with Crippen molar-refractivity contribution < 1.29 is 4.74 Å². The van der Waals surface area contributed by atoms with Crippen LogP contribution in [0.2, 0.25) is 0 Å². The number of hydrogen-bond donors (Lipinski definition) is 1. The third kappa shape index (κ3) is 2.16. The Balaban J connectivity index is 2.30. The van der Waals surface area contributed by atoms with Gasteiger partial charge in [0.2, 0.25) is 0 Å². The van der Waals surface area contributed by atoms with E-state index < -0.39 is 0 Å². The van der Waals surface area contributed by atoms with E-state index in [-0.39, 0.29) is 5.60 Å². The summed E-state index contributed by atoms with van der Waals surface area (Å²) in [6.07, 6.45) is 7.36. The second-order valence-electron chi connectivity index (χ2n) is 4.29. The van der Waals surface area contributed by atoms with E-state index in [1.165, 1.54) is 19.3 Å². The molecule has 0 radical (unpaired) electrons. The third-order valence-corrected chi connectivity index (χ3v) is 3.17. The van der Waals surface area contributed by atoms with Gasteiger partial charge in [-0.2, -0.15) is 0 Å². The van der Waals surface area contributed by atoms with Crippen LogP contribution in [0.5, 0.6) is 0 Å². The molecule has 2 rings (SSSR count). The fraction of sp³-hybridized carbons (Fsp3) is 0.667. The van der Waals surface area contributed by atoms with Crippen LogP contribution in [0.1, 0.15) is 44.9 Å². The molecule has 0 aromatic carbocycles. The van der Waals surface area contributed by atoms with Crippen molar-refractivity contribution in [2.45, 2.75) is 44.6 Å². The lowest BCUT2D eigenvalue weighted by molar-refractivity contribution is -0.0766. The van der Waals surface area contributed by atoms with Crippen molar-refractivity contribution in [2.24, 2.45) is 0 Å². The summed E-state index contributed by atoms with van der Waals surface area (Å²) in [5.41, 5.74) is 5.42. The lowest BCUT2D eigenvalue weighted by Crippen LogP contribution is -2.34. The molecule has 1 aliphatic rings. The second kappa shape index (κ2) is 4.78. The lowest BCUT2D eigenvalue weighted by atomic mass is 9.84. The number of nitrogens with two attached hydrogens (primary N) is 1. The van der Waals surface area contributed by atoms with Gasteiger partial charge in [-0.1, -0.05) is 19.3 Å². The fourth-order valence-electron chi connectivity index (χ4n) is 2.42. The highest BCUT2D eigenvalue weighted by Gasteiger charge is 2.37. The summed E-state index contributed by atoms with van der Waals surface area (Å²) >= 11 is 0. The van der Waals surface area contributed by atoms with Gasteiger partial charge in [-0.15, -0.1) is 0 Å². The van der Waals surface area contributed by atoms with Gasteiger partial charge in [0.15, 0.2) is 5.82 Å². The van der Waals surface area contributed by atoms with Crippen molar-refractivity contribution in [3.05, 3.63) is 18.1 Å². The summed E-state index contributed by atoms with van der Waals surface area (Å²) in [6.45, 7) is 2.71. The molecule has 4 nitrogen and oxygen atoms in total. The Morgan fingerprint density at radius 1 is 1.38 bits per heavy atom. The highest BCUT2D eigenvalue weighted by Crippen LogP contribution is 2.38. The first-order valence-corrected chi connectivity index (χ1v) is 6.00. The predicted molar refractivity (Wildman–Crippen MR) is 62.8 cm³/mol. The molecule has 0 aliphatic heterocycles. The van der Waals surface area contributed by atoms with Crippen molar-refractivity contribution in [3.63, 3.8) is 0 Å². The summed E-state index contributed by atoms with van der Waals surface area (Å²) in [5.74, 6) is 1.28. The van der Waals surface area contributed by atoms with Gasteiger partial charge in [0, 0.05) is 12.8 Å². The van der Waals surface area contributed by atoms with E-state index >= 15 is 0 Å². The van der Waals surface area contributed by atoms with Crippen molar-refractivity contribution in [1.29, 1.82) is 0 Å². The number of ether oxygens (including phenoxy) is 1. The number of rotatable bonds is 3. The quantitative estimate of drug-likeness (QED) is 0.850. The van der Waals surface area contributed by atoms with Crippen LogP contribution in [-0.2, 0) is 10.3 Å². The predicted octanol–water partition coefficient (Wildman–Crippen LogP) is 2.25. The summed E-state index contributed by atoms with van der Waals surface area (Å²) < 4.78 is 5.93. The molecular weight excluding hydrogens is 202 g/mol. The Bertz CT molecular complexity index is 342. The lowest BCUT2D eigenvalue weighted by Gasteiger charge is -2.35. The average Bonchev–Trinajstić information content (AvgIpc) is 2.31. The Morgan fingerprint density at radius 2 is 2.12 bits per heavy atom. The number of nitrogen functional groups attached to an aromatic ring is 1. The van der Waals surface area contributed by atoms with Crippen LogP contribution < -0.4 is 5.73 Å². The molecule has 1 fully saturated rings. The molecular formula is C12H19N3O. The number of anilines is 1. The minimum Gasteiger partial charge on any atom is -0.384 e. The van der Waals surface area contributed by atoms with Crippen LogP contribution in [0.15, 0.2) is 12.3 Å². The number of hydrogen-bond acceptors (Lipinski definition) is 4. The van der Waals surface area contributed by atoms with Crippen molar-refractivity contribution in [3.8, 4) is 0 Å². The first kappa shape index (κ1) is 11.3. The van der Waals surface area contributed by atoms with E-state index in [1.54, 1.807) is 12.3 Å². The molecule has 0 bridgehead atoms. The zero-order valence-corrected chi connectivity index (χ0v) is 9.78. The molecule has 1 saturated carbocycles. The summed E-state index contributed by atoms with van der Waals surface area (Å²) in [6, 6.07) is 1.71. The highest BCUT2D eigenvalue weighted by molar-refractivity contribution is 5.26. The van der Waals surface area contributed by atoms with Gasteiger partial charge >= 0.3 is 0 Å². The molecule has 0 saturated heterocycles. The Hall–Kier alpha value is -1.16. The van der Waals surface area contributed by atoms with Gasteiger partial charge in [0.25, 0.3) is 0 Å². The second-order valence-corrected chi connectivity index (χ2v) is 4.29. The molecule has 0 atom stereocenters. The minimum absolute atomic E-state index is 0.289. The summed E-state index contributed by atoms with van der Waals surface area (Å²) in [7, 11) is 0. The van der Waals surface area contributed by atoms with Gasteiger partial charge in [0.1, 0.15) is 11.4 Å². The monoisotopic (exact) mass is 221 g/mol. The van der Waals surface area contributed by atoms with Gasteiger partial charge < -0.3 is 10.5 Å². The number of nitrogens with zero attached hydrogens (tertiary/aromatic N) is 2. The molecule has 4 heteroatoms. The maximum Gasteiger partial charge on any atom is 0.162 e. The van der Waals surface area contributed by atoms with E-state index in [4.69, 9.17) is 10.5 Å². The van der Waals surface area contributed by atoms with Gasteiger partial charge in [-0.05, 0) is 25.8 Å². The normalized spacial score (nSPS) is 19.6. The standard InChI is InChI=1S/C12H19N3O/c1-2-16-12(7-4-3-5-8-12)11-14-9-6-10(13)15-11/h6,9H,2-5,7-8H2,1H3,(H2,13,14,15). The largest absolute Gasteiger partial charge is 0.384 e. The molecule has 1 aromatic rings. The molecule has 0 spiro atoms. The maximum atomic E-state index is 5.93. The number of aromatic nitrogens is 2. The van der Waals surface area contributed by atoms with Crippen LogP contribution in [0, 0.1) is 0 Å². The summed E-state index contributed by atoms with van der Waals surface area (Å²) in [4.78, 5) is 8.67.